The molecule has 0 rings (SSSR count). The first kappa shape index (κ1) is 79.4. The van der Waals surface area contributed by atoms with Crippen molar-refractivity contribution in [1.29, 1.82) is 0 Å². The molecule has 0 aromatic rings. The minimum atomic E-state index is -0.771. The molecule has 0 aliphatic carbocycles. The van der Waals surface area contributed by atoms with Gasteiger partial charge in [0.2, 0.25) is 0 Å². The lowest BCUT2D eigenvalue weighted by molar-refractivity contribution is -0.167. The van der Waals surface area contributed by atoms with Crippen molar-refractivity contribution in [3.63, 3.8) is 0 Å². The van der Waals surface area contributed by atoms with Crippen LogP contribution in [0.25, 0.3) is 0 Å². The van der Waals surface area contributed by atoms with Gasteiger partial charge in [0.05, 0.1) is 0 Å². The van der Waals surface area contributed by atoms with E-state index < -0.39 is 6.10 Å². The number of carbonyl (C=O) groups is 3. The van der Waals surface area contributed by atoms with Crippen molar-refractivity contribution in [2.45, 2.75) is 406 Å². The fourth-order valence-corrected chi connectivity index (χ4v) is 11.1. The fourth-order valence-electron chi connectivity index (χ4n) is 11.1. The van der Waals surface area contributed by atoms with E-state index in [1.165, 1.54) is 276 Å². The summed E-state index contributed by atoms with van der Waals surface area (Å²) in [5, 5.41) is 0. The second-order valence-corrected chi connectivity index (χ2v) is 24.8. The molecule has 0 N–H and O–H groups in total. The van der Waals surface area contributed by atoms with Crippen LogP contribution in [0.5, 0.6) is 0 Å². The van der Waals surface area contributed by atoms with E-state index >= 15 is 0 Å². The number of allylic oxidation sites excluding steroid dienone is 8. The van der Waals surface area contributed by atoms with Gasteiger partial charge in [0, 0.05) is 19.3 Å². The molecular formula is C76H140O6. The second-order valence-electron chi connectivity index (χ2n) is 24.8. The van der Waals surface area contributed by atoms with Crippen molar-refractivity contribution in [3.8, 4) is 0 Å². The van der Waals surface area contributed by atoms with E-state index in [9.17, 15) is 14.4 Å². The molecule has 0 spiro atoms. The highest BCUT2D eigenvalue weighted by atomic mass is 16.6. The van der Waals surface area contributed by atoms with Gasteiger partial charge in [-0.15, -0.1) is 0 Å². The Hall–Kier alpha value is -2.63. The smallest absolute Gasteiger partial charge is 0.306 e. The van der Waals surface area contributed by atoms with Crippen molar-refractivity contribution in [2.75, 3.05) is 13.2 Å². The summed E-state index contributed by atoms with van der Waals surface area (Å²) in [7, 11) is 0. The van der Waals surface area contributed by atoms with Gasteiger partial charge in [-0.2, -0.15) is 0 Å². The maximum atomic E-state index is 12.9. The van der Waals surface area contributed by atoms with E-state index in [0.717, 1.165) is 83.5 Å². The molecule has 0 aliphatic rings. The van der Waals surface area contributed by atoms with Gasteiger partial charge in [-0.25, -0.2) is 0 Å². The van der Waals surface area contributed by atoms with E-state index in [0.29, 0.717) is 19.3 Å². The number of hydrogen-bond acceptors (Lipinski definition) is 6. The number of ether oxygens (including phenoxy) is 3. The van der Waals surface area contributed by atoms with Crippen LogP contribution in [-0.4, -0.2) is 37.2 Å². The van der Waals surface area contributed by atoms with Gasteiger partial charge in [0.15, 0.2) is 6.10 Å². The zero-order valence-electron chi connectivity index (χ0n) is 55.3. The average molecular weight is 1150 g/mol. The third kappa shape index (κ3) is 68.2. The van der Waals surface area contributed by atoms with E-state index in [2.05, 4.69) is 69.4 Å². The van der Waals surface area contributed by atoms with Gasteiger partial charge in [-0.1, -0.05) is 371 Å². The summed E-state index contributed by atoms with van der Waals surface area (Å²) in [6.45, 7) is 6.59. The van der Waals surface area contributed by atoms with E-state index in [4.69, 9.17) is 14.2 Å². The minimum absolute atomic E-state index is 0.0678. The largest absolute Gasteiger partial charge is 0.462 e. The summed E-state index contributed by atoms with van der Waals surface area (Å²) < 4.78 is 17.0. The molecule has 6 nitrogen and oxygen atoms in total. The first-order valence-corrected chi connectivity index (χ1v) is 36.6. The molecule has 0 radical (unpaired) electrons. The van der Waals surface area contributed by atoms with Crippen LogP contribution in [0.4, 0.5) is 0 Å². The lowest BCUT2D eigenvalue weighted by Crippen LogP contribution is -2.30. The van der Waals surface area contributed by atoms with Gasteiger partial charge < -0.3 is 14.2 Å². The molecule has 0 amide bonds. The monoisotopic (exact) mass is 1150 g/mol. The number of rotatable bonds is 68. The Bertz CT molecular complexity index is 1410. The van der Waals surface area contributed by atoms with Gasteiger partial charge in [0.25, 0.3) is 0 Å². The predicted octanol–water partition coefficient (Wildman–Crippen LogP) is 25.3. The molecular weight excluding hydrogens is 1010 g/mol. The Morgan fingerprint density at radius 1 is 0.256 bits per heavy atom. The van der Waals surface area contributed by atoms with Crippen molar-refractivity contribution >= 4 is 17.9 Å². The van der Waals surface area contributed by atoms with E-state index in [1.54, 1.807) is 0 Å². The Morgan fingerprint density at radius 2 is 0.476 bits per heavy atom. The zero-order chi connectivity index (χ0) is 59.2. The topological polar surface area (TPSA) is 78.9 Å². The lowest BCUT2D eigenvalue weighted by Gasteiger charge is -2.18. The summed E-state index contributed by atoms with van der Waals surface area (Å²) in [6.07, 6.45) is 90.2. The van der Waals surface area contributed by atoms with Crippen LogP contribution in [0.3, 0.4) is 0 Å². The SMILES string of the molecule is CC/C=C\C/C=C\C/C=C\C/C=C\CCCCCCCCCCCCCCC(=O)OC(COC(=O)CCCCCCCCCCCC)COC(=O)CCCCCCCCCCCCCCCCCCCCCCCCCCCCCCC. The first-order valence-electron chi connectivity index (χ1n) is 36.6. The molecule has 1 atom stereocenters. The number of carbonyl (C=O) groups excluding carboxylic acids is 3. The molecule has 0 saturated heterocycles. The standard InChI is InChI=1S/C76H140O6/c1-4-7-10-13-16-19-22-24-26-28-30-32-34-36-37-38-39-41-42-44-46-48-50-52-54-57-60-63-66-69-75(78)81-72-73(71-80-74(77)68-65-62-59-56-21-18-15-12-9-6-3)82-76(79)70-67-64-61-58-55-53-51-49-47-45-43-40-35-33-31-29-27-25-23-20-17-14-11-8-5-2/h8,11,17,20,25,27,31,33,73H,4-7,9-10,12-16,18-19,21-24,26,28-30,32,34-72H2,1-3H3/b11-8-,20-17-,27-25-,33-31-. The third-order valence-corrected chi connectivity index (χ3v) is 16.6. The quantitative estimate of drug-likeness (QED) is 0.0261. The van der Waals surface area contributed by atoms with Crippen LogP contribution in [0.2, 0.25) is 0 Å². The Labute approximate surface area is 511 Å². The summed E-state index contributed by atoms with van der Waals surface area (Å²) in [4.78, 5) is 38.4. The normalized spacial score (nSPS) is 12.3. The molecule has 0 aromatic heterocycles. The fraction of sp³-hybridized carbons (Fsp3) is 0.855. The maximum absolute atomic E-state index is 12.9. The number of unbranched alkanes of at least 4 members (excludes halogenated alkanes) is 49. The number of esters is 3. The second kappa shape index (κ2) is 70.9. The Balaban J connectivity index is 4.11. The third-order valence-electron chi connectivity index (χ3n) is 16.6. The van der Waals surface area contributed by atoms with Crippen molar-refractivity contribution in [1.82, 2.24) is 0 Å². The highest BCUT2D eigenvalue weighted by Gasteiger charge is 2.19. The minimum Gasteiger partial charge on any atom is -0.462 e. The van der Waals surface area contributed by atoms with Crippen LogP contribution >= 0.6 is 0 Å². The molecule has 0 fully saturated rings. The van der Waals surface area contributed by atoms with Gasteiger partial charge >= 0.3 is 17.9 Å². The van der Waals surface area contributed by atoms with Crippen molar-refractivity contribution in [2.24, 2.45) is 0 Å². The van der Waals surface area contributed by atoms with Crippen LogP contribution in [0.15, 0.2) is 48.6 Å². The Morgan fingerprint density at radius 3 is 0.744 bits per heavy atom. The number of hydrogen-bond donors (Lipinski definition) is 0. The van der Waals surface area contributed by atoms with Gasteiger partial charge in [0.1, 0.15) is 13.2 Å². The molecule has 0 saturated carbocycles. The summed E-state index contributed by atoms with van der Waals surface area (Å²) in [5.74, 6) is -0.844. The Kier molecular flexibility index (Phi) is 68.6. The molecule has 1 unspecified atom stereocenters. The predicted molar refractivity (Wildman–Crippen MR) is 358 cm³/mol. The van der Waals surface area contributed by atoms with Gasteiger partial charge in [-0.05, 0) is 57.8 Å². The van der Waals surface area contributed by atoms with Crippen LogP contribution in [0.1, 0.15) is 400 Å². The molecule has 0 aromatic carbocycles. The summed E-state index contributed by atoms with van der Waals surface area (Å²) in [5.41, 5.74) is 0. The van der Waals surface area contributed by atoms with Crippen LogP contribution in [0, 0.1) is 0 Å². The van der Waals surface area contributed by atoms with Crippen molar-refractivity contribution in [3.05, 3.63) is 48.6 Å². The molecule has 82 heavy (non-hydrogen) atoms. The van der Waals surface area contributed by atoms with Crippen molar-refractivity contribution < 1.29 is 28.6 Å². The van der Waals surface area contributed by atoms with Gasteiger partial charge in [-0.3, -0.25) is 14.4 Å². The molecule has 0 heterocycles. The molecule has 6 heteroatoms. The summed E-state index contributed by atoms with van der Waals surface area (Å²) in [6, 6.07) is 0. The van der Waals surface area contributed by atoms with E-state index in [1.807, 2.05) is 0 Å². The maximum Gasteiger partial charge on any atom is 0.306 e. The molecule has 480 valence electrons. The zero-order valence-corrected chi connectivity index (χ0v) is 55.3. The molecule has 0 bridgehead atoms. The summed E-state index contributed by atoms with van der Waals surface area (Å²) >= 11 is 0. The highest BCUT2D eigenvalue weighted by molar-refractivity contribution is 5.71. The van der Waals surface area contributed by atoms with E-state index in [-0.39, 0.29) is 31.1 Å². The highest BCUT2D eigenvalue weighted by Crippen LogP contribution is 2.19. The van der Waals surface area contributed by atoms with Crippen LogP contribution in [-0.2, 0) is 28.6 Å². The lowest BCUT2D eigenvalue weighted by atomic mass is 10.0. The molecule has 0 aliphatic heterocycles. The van der Waals surface area contributed by atoms with Crippen LogP contribution < -0.4 is 0 Å². The average Bonchev–Trinajstić information content (AvgIpc) is 3.47. The first-order chi connectivity index (χ1) is 40.5.